The second-order valence-corrected chi connectivity index (χ2v) is 4.57. The van der Waals surface area contributed by atoms with Crippen molar-refractivity contribution < 1.29 is 9.59 Å². The number of thioether (sulfide) groups is 1. The first-order valence-electron chi connectivity index (χ1n) is 4.39. The van der Waals surface area contributed by atoms with Gasteiger partial charge < -0.3 is 5.32 Å². The largest absolute Gasteiger partial charge is 0.335 e. The van der Waals surface area contributed by atoms with Gasteiger partial charge in [0.1, 0.15) is 0 Å². The van der Waals surface area contributed by atoms with Crippen molar-refractivity contribution in [2.24, 2.45) is 0 Å². The van der Waals surface area contributed by atoms with Crippen LogP contribution >= 0.6 is 11.8 Å². The van der Waals surface area contributed by atoms with Crippen molar-refractivity contribution in [3.63, 3.8) is 0 Å². The van der Waals surface area contributed by atoms with Crippen LogP contribution in [-0.4, -0.2) is 16.9 Å². The molecular weight excluding hydrogens is 214 g/mol. The second-order valence-electron chi connectivity index (χ2n) is 3.31. The molecule has 1 saturated heterocycles. The third-order valence-electron chi connectivity index (χ3n) is 2.25. The number of hydrogen-bond donors (Lipinski definition) is 3. The molecule has 1 aromatic carbocycles. The zero-order chi connectivity index (χ0) is 10.5. The van der Waals surface area contributed by atoms with Crippen molar-refractivity contribution in [1.82, 2.24) is 10.6 Å². The maximum Gasteiger partial charge on any atom is 0.313 e. The van der Waals surface area contributed by atoms with E-state index in [-0.39, 0.29) is 0 Å². The highest BCUT2D eigenvalue weighted by atomic mass is 32.2. The highest BCUT2D eigenvalue weighted by molar-refractivity contribution is 8.01. The van der Waals surface area contributed by atoms with Gasteiger partial charge >= 0.3 is 11.8 Å². The summed E-state index contributed by atoms with van der Waals surface area (Å²) in [6, 6.07) is 7.63. The van der Waals surface area contributed by atoms with Gasteiger partial charge in [-0.2, -0.15) is 0 Å². The van der Waals surface area contributed by atoms with Crippen molar-refractivity contribution in [3.8, 4) is 0 Å². The molecule has 1 spiro atoms. The van der Waals surface area contributed by atoms with Crippen LogP contribution in [0.15, 0.2) is 29.2 Å². The number of amides is 2. The number of hydrogen-bond acceptors (Lipinski definition) is 4. The van der Waals surface area contributed by atoms with Gasteiger partial charge in [-0.15, -0.1) is 0 Å². The average molecular weight is 221 g/mol. The van der Waals surface area contributed by atoms with Crippen LogP contribution in [0.25, 0.3) is 0 Å². The molecule has 3 rings (SSSR count). The smallest absolute Gasteiger partial charge is 0.313 e. The van der Waals surface area contributed by atoms with E-state index >= 15 is 0 Å². The third kappa shape index (κ3) is 1.18. The van der Waals surface area contributed by atoms with Gasteiger partial charge in [0.2, 0.25) is 5.12 Å². The number of rotatable bonds is 0. The van der Waals surface area contributed by atoms with Crippen molar-refractivity contribution in [3.05, 3.63) is 24.3 Å². The first-order chi connectivity index (χ1) is 7.19. The average Bonchev–Trinajstić information content (AvgIpc) is 2.66. The van der Waals surface area contributed by atoms with Gasteiger partial charge in [0.05, 0.1) is 5.69 Å². The summed E-state index contributed by atoms with van der Waals surface area (Å²) in [6.07, 6.45) is 0. The summed E-state index contributed by atoms with van der Waals surface area (Å²) in [7, 11) is 0. The Bertz CT molecular complexity index is 431. The summed E-state index contributed by atoms with van der Waals surface area (Å²) in [5, 5.41) is 7.34. The number of para-hydroxylation sites is 1. The predicted molar refractivity (Wildman–Crippen MR) is 54.9 cm³/mol. The molecule has 76 valence electrons. The summed E-state index contributed by atoms with van der Waals surface area (Å²) in [5.74, 6) is -1.22. The fraction of sp³-hybridized carbons (Fsp3) is 0.111. The SMILES string of the molecule is O=C1NC2(NC1=O)Nc1ccccc1S2. The molecule has 1 aromatic rings. The van der Waals surface area contributed by atoms with E-state index in [9.17, 15) is 9.59 Å². The van der Waals surface area contributed by atoms with Crippen LogP contribution in [0.1, 0.15) is 0 Å². The fourth-order valence-electron chi connectivity index (χ4n) is 1.62. The second kappa shape index (κ2) is 2.66. The lowest BCUT2D eigenvalue weighted by Gasteiger charge is -2.21. The van der Waals surface area contributed by atoms with E-state index in [1.54, 1.807) is 0 Å². The number of nitrogens with one attached hydrogen (secondary N) is 3. The predicted octanol–water partition coefficient (Wildman–Crippen LogP) is 0.0615. The van der Waals surface area contributed by atoms with Gasteiger partial charge in [-0.25, -0.2) is 0 Å². The number of fused-ring (bicyclic) bond motifs is 1. The van der Waals surface area contributed by atoms with Crippen LogP contribution in [0.5, 0.6) is 0 Å². The molecule has 0 radical (unpaired) electrons. The van der Waals surface area contributed by atoms with Crippen LogP contribution in [-0.2, 0) is 9.59 Å². The Morgan fingerprint density at radius 3 is 2.33 bits per heavy atom. The number of anilines is 1. The van der Waals surface area contributed by atoms with Gasteiger partial charge in [0.15, 0.2) is 0 Å². The maximum absolute atomic E-state index is 11.1. The van der Waals surface area contributed by atoms with E-state index in [1.807, 2.05) is 24.3 Å². The van der Waals surface area contributed by atoms with E-state index < -0.39 is 16.9 Å². The van der Waals surface area contributed by atoms with Crippen LogP contribution in [0.3, 0.4) is 0 Å². The molecule has 15 heavy (non-hydrogen) atoms. The van der Waals surface area contributed by atoms with Gasteiger partial charge in [-0.05, 0) is 12.1 Å². The molecule has 0 unspecified atom stereocenters. The quantitative estimate of drug-likeness (QED) is 0.542. The molecule has 0 aromatic heterocycles. The normalized spacial score (nSPS) is 20.8. The molecule has 0 bridgehead atoms. The minimum Gasteiger partial charge on any atom is -0.335 e. The Labute approximate surface area is 89.6 Å². The monoisotopic (exact) mass is 221 g/mol. The first kappa shape index (κ1) is 8.60. The number of carbonyl (C=O) groups is 2. The third-order valence-corrected chi connectivity index (χ3v) is 3.43. The van der Waals surface area contributed by atoms with Gasteiger partial charge in [0, 0.05) is 4.90 Å². The standard InChI is InChI=1S/C9H7N3O2S/c13-7-8(14)12-9(11-7)10-5-3-1-2-4-6(5)15-9/h1-4,10H,(H,11,13)(H,12,14). The summed E-state index contributed by atoms with van der Waals surface area (Å²) in [5.41, 5.74) is 0.907. The summed E-state index contributed by atoms with van der Waals surface area (Å²) < 4.78 is 0. The molecule has 0 saturated carbocycles. The zero-order valence-electron chi connectivity index (χ0n) is 7.53. The van der Waals surface area contributed by atoms with Crippen LogP contribution < -0.4 is 16.0 Å². The Balaban J connectivity index is 1.96. The van der Waals surface area contributed by atoms with Crippen molar-refractivity contribution >= 4 is 29.3 Å². The molecule has 1 fully saturated rings. The fourth-order valence-corrected chi connectivity index (χ4v) is 2.77. The lowest BCUT2D eigenvalue weighted by atomic mass is 10.3. The molecule has 6 heteroatoms. The Morgan fingerprint density at radius 1 is 1.00 bits per heavy atom. The van der Waals surface area contributed by atoms with Gasteiger partial charge in [-0.1, -0.05) is 23.9 Å². The molecule has 2 heterocycles. The molecule has 5 nitrogen and oxygen atoms in total. The maximum atomic E-state index is 11.1. The summed E-state index contributed by atoms with van der Waals surface area (Å²) in [6.45, 7) is 0. The highest BCUT2D eigenvalue weighted by Crippen LogP contribution is 2.43. The summed E-state index contributed by atoms with van der Waals surface area (Å²) >= 11 is 1.38. The lowest BCUT2D eigenvalue weighted by molar-refractivity contribution is -0.135. The number of carbonyl (C=O) groups excluding carboxylic acids is 2. The van der Waals surface area contributed by atoms with E-state index in [1.165, 1.54) is 11.8 Å². The van der Waals surface area contributed by atoms with E-state index in [2.05, 4.69) is 16.0 Å². The zero-order valence-corrected chi connectivity index (χ0v) is 8.35. The van der Waals surface area contributed by atoms with Crippen molar-refractivity contribution in [2.45, 2.75) is 10.0 Å². The minimum absolute atomic E-state index is 0.609. The lowest BCUT2D eigenvalue weighted by Crippen LogP contribution is -2.51. The number of benzene rings is 1. The molecule has 0 aliphatic carbocycles. The van der Waals surface area contributed by atoms with Crippen molar-refractivity contribution in [2.75, 3.05) is 5.32 Å². The Kier molecular flexibility index (Phi) is 1.53. The Morgan fingerprint density at radius 2 is 1.67 bits per heavy atom. The molecular formula is C9H7N3O2S. The van der Waals surface area contributed by atoms with E-state index in [0.29, 0.717) is 0 Å². The van der Waals surface area contributed by atoms with Gasteiger partial charge in [0.25, 0.3) is 0 Å². The van der Waals surface area contributed by atoms with Crippen molar-refractivity contribution in [1.29, 1.82) is 0 Å². The van der Waals surface area contributed by atoms with Crippen LogP contribution in [0.2, 0.25) is 0 Å². The topological polar surface area (TPSA) is 70.2 Å². The van der Waals surface area contributed by atoms with E-state index in [0.717, 1.165) is 10.6 Å². The van der Waals surface area contributed by atoms with E-state index in [4.69, 9.17) is 0 Å². The molecule has 2 aliphatic rings. The van der Waals surface area contributed by atoms with Crippen LogP contribution in [0.4, 0.5) is 5.69 Å². The molecule has 0 atom stereocenters. The van der Waals surface area contributed by atoms with Gasteiger partial charge in [-0.3, -0.25) is 20.2 Å². The minimum atomic E-state index is -0.891. The highest BCUT2D eigenvalue weighted by Gasteiger charge is 2.47. The Hall–Kier alpha value is -1.69. The molecule has 2 aliphatic heterocycles. The molecule has 2 amide bonds. The summed E-state index contributed by atoms with van der Waals surface area (Å²) in [4.78, 5) is 23.2. The first-order valence-corrected chi connectivity index (χ1v) is 5.21. The van der Waals surface area contributed by atoms with Crippen LogP contribution in [0, 0.1) is 0 Å². The molecule has 3 N–H and O–H groups in total.